The molecular weight excluding hydrogens is 1810 g/mol. The number of carbonyl (C=O) groups excluding carboxylic acids is 6. The van der Waals surface area contributed by atoms with E-state index in [4.69, 9.17) is 9.84 Å². The fourth-order valence-electron chi connectivity index (χ4n) is 20.7. The second kappa shape index (κ2) is 58.3. The van der Waals surface area contributed by atoms with Gasteiger partial charge in [-0.3, -0.25) is 28.8 Å². The maximum atomic E-state index is 13.3. The average Bonchev–Trinajstić information content (AvgIpc) is 1.59. The first-order chi connectivity index (χ1) is 64.7. The van der Waals surface area contributed by atoms with E-state index in [-0.39, 0.29) is 63.9 Å². The van der Waals surface area contributed by atoms with Gasteiger partial charge in [0.15, 0.2) is 47.1 Å². The summed E-state index contributed by atoms with van der Waals surface area (Å²) in [5, 5.41) is 12.1. The highest BCUT2D eigenvalue weighted by Crippen LogP contribution is 2.44. The summed E-state index contributed by atoms with van der Waals surface area (Å²) in [4.78, 5) is 77.7. The Balaban J connectivity index is 0.000000174. The van der Waals surface area contributed by atoms with Gasteiger partial charge in [-0.1, -0.05) is 230 Å². The van der Waals surface area contributed by atoms with Crippen molar-refractivity contribution in [3.05, 3.63) is 191 Å². The number of fused-ring (bicyclic) bond motifs is 1. The molecule has 7 heterocycles. The molecule has 8 nitrogen and oxygen atoms in total. The van der Waals surface area contributed by atoms with E-state index in [2.05, 4.69) is 171 Å². The van der Waals surface area contributed by atoms with Crippen molar-refractivity contribution in [3.63, 3.8) is 0 Å². The van der Waals surface area contributed by atoms with Crippen molar-refractivity contribution in [2.45, 2.75) is 347 Å². The molecule has 3 aliphatic carbocycles. The fraction of sp³-hybridized carbons (Fsp3) is 0.630. The smallest absolute Gasteiger partial charge is 0.217 e. The summed E-state index contributed by atoms with van der Waals surface area (Å²) in [6.07, 6.45) is 43.0. The standard InChI is InChI=1S/C21H35OS.C18H23OS.C17H23OS.C17H25OS.C13H21OS.C12H19OS.C11H21OS.C10H12OS/c1-7-9-15-23(16-10-8-2)20(21(4,5)6)19(22)18-13-11-17(3)12-14-18;1-2-3-12-19-17-10-11-18(20-13-6-7-14-20)16-9-5-4-8-15(16)17;18-16(15-9-3-1-4-10-15)17(11-5-2-6-12-17)19-13-7-8-14-19;1-13-7-9-14(10-8-13)15(18)16(17(2,3)4)19-11-5-6-12-19;1-13(2)8-11(7-12(14)9-13)10-15-5-3-4-6-15;13-12(10-14-8-4-5-9-14)11-6-2-1-3-7-11;1-9(2)10(12)11(3,4)13-7-5-6-8-13;11-9-3-5-10(6-4-9)12-7-1-2-8-12/h11-14,20H,7-10,15-16H2,1-6H3;4-5,8-11H,2-3,6-7,12-14H2,1H3;1,3-4,9-10H,2,5-8,11-14H2;7-10,16H,5-6,11-12H2,1-4H3;7H,3-6,8-10H2,1-2H3;6H,1-5,7-10H2;9H,5-8H2,1-4H3;3-6H,1-2,7-8H2/q7*+1;/p+1. The lowest BCUT2D eigenvalue weighted by Crippen LogP contribution is -2.48. The largest absolute Gasteiger partial charge is 0.508 e. The number of phenolic OH excluding ortho intramolecular Hbond substituents is 1. The molecule has 0 amide bonds. The summed E-state index contributed by atoms with van der Waals surface area (Å²) in [5.41, 5.74) is 8.04. The number of hydrogen-bond acceptors (Lipinski definition) is 8. The summed E-state index contributed by atoms with van der Waals surface area (Å²) in [7, 11) is 3.18. The highest BCUT2D eigenvalue weighted by molar-refractivity contribution is 8.00. The highest BCUT2D eigenvalue weighted by atomic mass is 32.2. The topological polar surface area (TPSA) is 132 Å². The number of ketones is 6. The van der Waals surface area contributed by atoms with Crippen LogP contribution in [-0.4, -0.2) is 170 Å². The third-order valence-corrected chi connectivity index (χ3v) is 50.9. The molecule has 16 heteroatoms. The van der Waals surface area contributed by atoms with Gasteiger partial charge in [-0.2, -0.15) is 0 Å². The van der Waals surface area contributed by atoms with Gasteiger partial charge in [0.1, 0.15) is 109 Å². The number of hydrogen-bond donors (Lipinski definition) is 1. The number of carbonyl (C=O) groups is 6. The van der Waals surface area contributed by atoms with Gasteiger partial charge in [-0.15, -0.1) is 0 Å². The molecule has 2 unspecified atom stereocenters. The molecular formula is C119H180O8S8+8. The molecule has 0 bridgehead atoms. The van der Waals surface area contributed by atoms with Crippen LogP contribution in [0.15, 0.2) is 173 Å². The molecule has 135 heavy (non-hydrogen) atoms. The number of unbranched alkanes of at least 4 members (excludes halogenated alkanes) is 3. The lowest BCUT2D eigenvalue weighted by molar-refractivity contribution is -0.123. The number of phenols is 1. The van der Waals surface area contributed by atoms with Gasteiger partial charge in [0.05, 0.1) is 6.61 Å². The van der Waals surface area contributed by atoms with Crippen molar-refractivity contribution in [2.75, 3.05) is 110 Å². The lowest BCUT2D eigenvalue weighted by atomic mass is 9.77. The Hall–Kier alpha value is -4.52. The molecule has 0 aromatic heterocycles. The molecule has 8 fully saturated rings. The Morgan fingerprint density at radius 2 is 0.993 bits per heavy atom. The first-order valence-electron chi connectivity index (χ1n) is 52.7. The normalized spacial score (nSPS) is 19.5. The fourth-order valence-corrected chi connectivity index (χ4v) is 43.1. The monoisotopic (exact) mass is 1990 g/mol. The van der Waals surface area contributed by atoms with Gasteiger partial charge in [-0.25, -0.2) is 0 Å². The molecule has 7 aliphatic heterocycles. The van der Waals surface area contributed by atoms with Crippen LogP contribution < -0.4 is 4.74 Å². The molecule has 6 aromatic carbocycles. The molecule has 744 valence electrons. The van der Waals surface area contributed by atoms with E-state index in [9.17, 15) is 28.8 Å². The second-order valence-electron chi connectivity index (χ2n) is 43.2. The Kier molecular flexibility index (Phi) is 49.3. The Morgan fingerprint density at radius 3 is 1.51 bits per heavy atom. The summed E-state index contributed by atoms with van der Waals surface area (Å²) in [5.74, 6) is 27.1. The lowest BCUT2D eigenvalue weighted by Gasteiger charge is -2.33. The van der Waals surface area contributed by atoms with Crippen molar-refractivity contribution in [2.24, 2.45) is 22.2 Å². The molecule has 2 atom stereocenters. The minimum absolute atomic E-state index is 0.0100. The van der Waals surface area contributed by atoms with E-state index >= 15 is 0 Å². The van der Waals surface area contributed by atoms with Crippen molar-refractivity contribution < 1.29 is 38.6 Å². The summed E-state index contributed by atoms with van der Waals surface area (Å²) in [6.45, 7) is 37.8. The first kappa shape index (κ1) is 114. The molecule has 16 rings (SSSR count). The quantitative estimate of drug-likeness (QED) is 0.0279. The van der Waals surface area contributed by atoms with Crippen LogP contribution in [0.1, 0.15) is 345 Å². The van der Waals surface area contributed by atoms with Crippen molar-refractivity contribution in [1.82, 2.24) is 0 Å². The van der Waals surface area contributed by atoms with Crippen LogP contribution in [0.4, 0.5) is 0 Å². The predicted molar refractivity (Wildman–Crippen MR) is 606 cm³/mol. The van der Waals surface area contributed by atoms with Gasteiger partial charge < -0.3 is 9.84 Å². The van der Waals surface area contributed by atoms with E-state index in [0.717, 1.165) is 85.3 Å². The Labute approximate surface area is 845 Å². The summed E-state index contributed by atoms with van der Waals surface area (Å²) in [6, 6.07) is 47.2. The third kappa shape index (κ3) is 36.7. The van der Waals surface area contributed by atoms with Gasteiger partial charge in [-0.05, 0) is 290 Å². The van der Waals surface area contributed by atoms with Crippen LogP contribution in [0.2, 0.25) is 0 Å². The van der Waals surface area contributed by atoms with E-state index in [0.29, 0.717) is 106 Å². The number of benzene rings is 6. The number of Topliss-reactive ketones (excluding diaryl/α,β-unsaturated/α-hetero) is 5. The zero-order valence-electron chi connectivity index (χ0n) is 87.1. The highest BCUT2D eigenvalue weighted by Gasteiger charge is 2.56. The zero-order valence-corrected chi connectivity index (χ0v) is 93.6. The number of aryl methyl sites for hydroxylation is 2. The Morgan fingerprint density at radius 1 is 0.489 bits per heavy atom. The van der Waals surface area contributed by atoms with Gasteiger partial charge in [0, 0.05) is 107 Å². The third-order valence-electron chi connectivity index (χ3n) is 28.0. The van der Waals surface area contributed by atoms with Crippen LogP contribution in [0.25, 0.3) is 10.8 Å². The van der Waals surface area contributed by atoms with Crippen molar-refractivity contribution in [1.29, 1.82) is 0 Å². The van der Waals surface area contributed by atoms with Gasteiger partial charge in [0.2, 0.25) is 23.1 Å². The second-order valence-corrected chi connectivity index (χ2v) is 62.5. The van der Waals surface area contributed by atoms with E-state index in [1.165, 1.54) is 284 Å². The SMILES string of the molecule is CC(C)C(=O)C(C)(C)[S+]1CCCC1.CC1(C)CC(=O)C=C(C[S+]2CCCC2)C1.CCCCOc1ccc([S+]2CCCC2)c2ccccc12.CCCC[S+](CCCC)C(C(=O)c1ccc(C)cc1)C(C)(C)C.Cc1ccc(C(=O)C([S+]2CCCC2)C(C)(C)C)cc1.O=C(C[S+]1CCCC1)C1=CCCCC1.O=C(c1ccccc1)C1([S+]2CCCC2)CCCCC1.Oc1ccc([S+]2CCCC2)cc1. The molecule has 0 radical (unpaired) electrons. The summed E-state index contributed by atoms with van der Waals surface area (Å²) >= 11 is 0. The zero-order chi connectivity index (χ0) is 97.6. The van der Waals surface area contributed by atoms with Crippen LogP contribution in [0, 0.1) is 36.0 Å². The van der Waals surface area contributed by atoms with Crippen molar-refractivity contribution in [3.8, 4) is 11.5 Å². The van der Waals surface area contributed by atoms with Crippen molar-refractivity contribution >= 4 is 133 Å². The average molecular weight is 2000 g/mol. The van der Waals surface area contributed by atoms with Crippen LogP contribution in [0.3, 0.4) is 0 Å². The number of allylic oxidation sites excluding steroid dienone is 3. The molecule has 7 saturated heterocycles. The predicted octanol–water partition coefficient (Wildman–Crippen LogP) is 28.3. The van der Waals surface area contributed by atoms with E-state index in [1.807, 2.05) is 86.7 Å². The van der Waals surface area contributed by atoms with Crippen LogP contribution in [0.5, 0.6) is 11.5 Å². The van der Waals surface area contributed by atoms with E-state index < -0.39 is 0 Å². The molecule has 0 spiro atoms. The summed E-state index contributed by atoms with van der Waals surface area (Å²) < 4.78 is 5.94. The van der Waals surface area contributed by atoms with Gasteiger partial charge in [0.25, 0.3) is 0 Å². The van der Waals surface area contributed by atoms with E-state index in [1.54, 1.807) is 17.0 Å². The number of ether oxygens (including phenoxy) is 1. The molecule has 1 N–H and O–H groups in total. The van der Waals surface area contributed by atoms with Gasteiger partial charge >= 0.3 is 0 Å². The molecule has 1 saturated carbocycles. The molecule has 10 aliphatic rings. The number of rotatable bonds is 29. The van der Waals surface area contributed by atoms with Crippen LogP contribution >= 0.6 is 0 Å². The first-order valence-corrected chi connectivity index (χ1v) is 65.7. The Bertz CT molecular complexity index is 4580. The maximum absolute atomic E-state index is 13.3. The van der Waals surface area contributed by atoms with Crippen LogP contribution in [-0.2, 0) is 102 Å². The molecule has 6 aromatic rings. The maximum Gasteiger partial charge on any atom is 0.217 e. The minimum Gasteiger partial charge on any atom is -0.508 e. The number of aromatic hydroxyl groups is 1. The minimum atomic E-state index is -0.0509.